The zero-order chi connectivity index (χ0) is 20.3. The number of hydrogen-bond acceptors (Lipinski definition) is 4. The molecule has 1 fully saturated rings. The number of benzene rings is 2. The van der Waals surface area contributed by atoms with E-state index in [1.165, 1.54) is 12.1 Å². The highest BCUT2D eigenvalue weighted by Crippen LogP contribution is 2.23. The van der Waals surface area contributed by atoms with Crippen LogP contribution in [0.1, 0.15) is 36.2 Å². The van der Waals surface area contributed by atoms with Gasteiger partial charge in [0.05, 0.1) is 17.6 Å². The third-order valence-corrected chi connectivity index (χ3v) is 6.40. The number of hydrogen-bond donors (Lipinski definition) is 0. The first-order chi connectivity index (χ1) is 13.2. The fraction of sp³-hybridized carbons (Fsp3) is 0.381. The van der Waals surface area contributed by atoms with Crippen LogP contribution in [0, 0.1) is 5.82 Å². The highest BCUT2D eigenvalue weighted by molar-refractivity contribution is 7.91. The third kappa shape index (κ3) is 5.10. The summed E-state index contributed by atoms with van der Waals surface area (Å²) in [5.41, 5.74) is 1.21. The summed E-state index contributed by atoms with van der Waals surface area (Å²) in [7, 11) is -3.15. The fourth-order valence-corrected chi connectivity index (χ4v) is 5.02. The van der Waals surface area contributed by atoms with Crippen molar-refractivity contribution in [3.05, 3.63) is 65.5 Å². The molecule has 0 N–H and O–H groups in total. The van der Waals surface area contributed by atoms with E-state index >= 15 is 0 Å². The van der Waals surface area contributed by atoms with Crippen LogP contribution < -0.4 is 4.74 Å². The maximum Gasteiger partial charge on any atom is 0.254 e. The Bertz CT molecular complexity index is 924. The molecule has 0 aliphatic carbocycles. The lowest BCUT2D eigenvalue weighted by molar-refractivity contribution is 0.0681. The first kappa shape index (κ1) is 20.3. The van der Waals surface area contributed by atoms with E-state index in [0.29, 0.717) is 17.7 Å². The van der Waals surface area contributed by atoms with Crippen LogP contribution in [0.2, 0.25) is 0 Å². The summed E-state index contributed by atoms with van der Waals surface area (Å²) < 4.78 is 42.7. The number of halogens is 1. The highest BCUT2D eigenvalue weighted by Gasteiger charge is 2.35. The first-order valence-corrected chi connectivity index (χ1v) is 11.1. The van der Waals surface area contributed by atoms with E-state index in [1.54, 1.807) is 41.3 Å². The summed E-state index contributed by atoms with van der Waals surface area (Å²) in [6, 6.07) is 12.3. The van der Waals surface area contributed by atoms with Gasteiger partial charge in [-0.25, -0.2) is 12.8 Å². The lowest BCUT2D eigenvalue weighted by atomic mass is 10.1. The molecule has 7 heteroatoms. The van der Waals surface area contributed by atoms with Gasteiger partial charge in [0.25, 0.3) is 5.91 Å². The van der Waals surface area contributed by atoms with Crippen molar-refractivity contribution in [3.8, 4) is 5.75 Å². The van der Waals surface area contributed by atoms with Crippen LogP contribution in [-0.4, -0.2) is 42.9 Å². The quantitative estimate of drug-likeness (QED) is 0.739. The Kier molecular flexibility index (Phi) is 6.03. The van der Waals surface area contributed by atoms with Crippen LogP contribution in [0.4, 0.5) is 4.39 Å². The first-order valence-electron chi connectivity index (χ1n) is 9.26. The normalized spacial score (nSPS) is 18.2. The summed E-state index contributed by atoms with van der Waals surface area (Å²) in [6.45, 7) is 4.07. The molecule has 2 aromatic rings. The van der Waals surface area contributed by atoms with Crippen molar-refractivity contribution < 1.29 is 22.3 Å². The molecule has 1 heterocycles. The molecule has 1 saturated heterocycles. The largest absolute Gasteiger partial charge is 0.491 e. The molecule has 3 rings (SSSR count). The molecule has 0 radical (unpaired) electrons. The Labute approximate surface area is 165 Å². The average molecular weight is 405 g/mol. The van der Waals surface area contributed by atoms with Gasteiger partial charge in [0.1, 0.15) is 11.6 Å². The Morgan fingerprint density at radius 2 is 1.79 bits per heavy atom. The van der Waals surface area contributed by atoms with Crippen molar-refractivity contribution >= 4 is 15.7 Å². The van der Waals surface area contributed by atoms with Crippen LogP contribution in [0.5, 0.6) is 5.75 Å². The molecule has 0 aromatic heterocycles. The Morgan fingerprint density at radius 3 is 2.32 bits per heavy atom. The predicted molar refractivity (Wildman–Crippen MR) is 106 cm³/mol. The minimum atomic E-state index is -3.15. The standard InChI is InChI=1S/C21H24FNO4S/c1-15(2)27-20-9-5-17(6-10-20)21(24)23(19-11-12-28(25,26)14-19)13-16-3-7-18(22)8-4-16/h3-10,15,19H,11-14H2,1-2H3/t19-/m1/s1. The molecule has 1 aliphatic rings. The van der Waals surface area contributed by atoms with Crippen LogP contribution in [0.25, 0.3) is 0 Å². The van der Waals surface area contributed by atoms with Gasteiger partial charge in [-0.2, -0.15) is 0 Å². The van der Waals surface area contributed by atoms with Gasteiger partial charge >= 0.3 is 0 Å². The smallest absolute Gasteiger partial charge is 0.254 e. The lowest BCUT2D eigenvalue weighted by Crippen LogP contribution is -2.40. The minimum Gasteiger partial charge on any atom is -0.491 e. The third-order valence-electron chi connectivity index (χ3n) is 4.65. The van der Waals surface area contributed by atoms with Crippen LogP contribution in [0.15, 0.2) is 48.5 Å². The highest BCUT2D eigenvalue weighted by atomic mass is 32.2. The molecular formula is C21H24FNO4S. The fourth-order valence-electron chi connectivity index (χ4n) is 3.29. The van der Waals surface area contributed by atoms with Gasteiger partial charge in [-0.15, -0.1) is 0 Å². The monoisotopic (exact) mass is 405 g/mol. The molecule has 28 heavy (non-hydrogen) atoms. The molecule has 1 aliphatic heterocycles. The van der Waals surface area contributed by atoms with E-state index in [0.717, 1.165) is 5.56 Å². The zero-order valence-corrected chi connectivity index (χ0v) is 16.8. The number of carbonyl (C=O) groups excluding carboxylic acids is 1. The van der Waals surface area contributed by atoms with E-state index in [4.69, 9.17) is 4.74 Å². The summed E-state index contributed by atoms with van der Waals surface area (Å²) in [6.07, 6.45) is 0.435. The van der Waals surface area contributed by atoms with Crippen molar-refractivity contribution in [3.63, 3.8) is 0 Å². The maximum absolute atomic E-state index is 13.2. The SMILES string of the molecule is CC(C)Oc1ccc(C(=O)N(Cc2ccc(F)cc2)[C@@H]2CCS(=O)(=O)C2)cc1. The molecule has 1 atom stereocenters. The summed E-state index contributed by atoms with van der Waals surface area (Å²) >= 11 is 0. The van der Waals surface area contributed by atoms with E-state index in [9.17, 15) is 17.6 Å². The van der Waals surface area contributed by atoms with Gasteiger partial charge < -0.3 is 9.64 Å². The second kappa shape index (κ2) is 8.31. The average Bonchev–Trinajstić information content (AvgIpc) is 3.00. The van der Waals surface area contributed by atoms with E-state index in [1.807, 2.05) is 13.8 Å². The minimum absolute atomic E-state index is 0.0280. The van der Waals surface area contributed by atoms with E-state index in [2.05, 4.69) is 0 Å². The molecule has 5 nitrogen and oxygen atoms in total. The molecule has 0 saturated carbocycles. The van der Waals surface area contributed by atoms with Crippen LogP contribution >= 0.6 is 0 Å². The van der Waals surface area contributed by atoms with Crippen LogP contribution in [-0.2, 0) is 16.4 Å². The molecule has 0 bridgehead atoms. The van der Waals surface area contributed by atoms with Gasteiger partial charge in [-0.1, -0.05) is 12.1 Å². The topological polar surface area (TPSA) is 63.7 Å². The van der Waals surface area contributed by atoms with Crippen LogP contribution in [0.3, 0.4) is 0 Å². The van der Waals surface area contributed by atoms with Gasteiger partial charge in [0.15, 0.2) is 9.84 Å². The van der Waals surface area contributed by atoms with Crippen molar-refractivity contribution in [1.29, 1.82) is 0 Å². The molecule has 1 amide bonds. The molecular weight excluding hydrogens is 381 g/mol. The lowest BCUT2D eigenvalue weighted by Gasteiger charge is -2.28. The van der Waals surface area contributed by atoms with Gasteiger partial charge in [-0.05, 0) is 62.2 Å². The van der Waals surface area contributed by atoms with Crippen molar-refractivity contribution in [2.45, 2.75) is 39.0 Å². The Morgan fingerprint density at radius 1 is 1.14 bits per heavy atom. The van der Waals surface area contributed by atoms with Crippen molar-refractivity contribution in [2.75, 3.05) is 11.5 Å². The van der Waals surface area contributed by atoms with Crippen molar-refractivity contribution in [2.24, 2.45) is 0 Å². The predicted octanol–water partition coefficient (Wildman–Crippen LogP) is 3.44. The van der Waals surface area contributed by atoms with Gasteiger partial charge in [0, 0.05) is 18.2 Å². The van der Waals surface area contributed by atoms with E-state index in [-0.39, 0.29) is 35.9 Å². The summed E-state index contributed by atoms with van der Waals surface area (Å²) in [5, 5.41) is 0. The molecule has 0 spiro atoms. The van der Waals surface area contributed by atoms with Crippen molar-refractivity contribution in [1.82, 2.24) is 4.90 Å². The Balaban J connectivity index is 1.84. The number of amides is 1. The molecule has 2 aromatic carbocycles. The second-order valence-electron chi connectivity index (χ2n) is 7.31. The molecule has 150 valence electrons. The van der Waals surface area contributed by atoms with E-state index < -0.39 is 15.9 Å². The Hall–Kier alpha value is -2.41. The maximum atomic E-state index is 13.2. The number of carbonyl (C=O) groups is 1. The number of sulfone groups is 1. The second-order valence-corrected chi connectivity index (χ2v) is 9.54. The van der Waals surface area contributed by atoms with Gasteiger partial charge in [-0.3, -0.25) is 4.79 Å². The molecule has 0 unspecified atom stereocenters. The van der Waals surface area contributed by atoms with Gasteiger partial charge in [0.2, 0.25) is 0 Å². The number of rotatable bonds is 6. The summed E-state index contributed by atoms with van der Waals surface area (Å²) in [5.74, 6) is 0.0916. The number of ether oxygens (including phenoxy) is 1. The summed E-state index contributed by atoms with van der Waals surface area (Å²) in [4.78, 5) is 14.7. The number of nitrogens with zero attached hydrogens (tertiary/aromatic N) is 1. The zero-order valence-electron chi connectivity index (χ0n) is 16.0.